The van der Waals surface area contributed by atoms with Crippen molar-refractivity contribution in [2.45, 2.75) is 44.8 Å². The molecule has 13 rings (SSSR count). The number of nitrogens with zero attached hydrogens (tertiary/aromatic N) is 1. The normalized spacial score (nSPS) is 20.8. The first-order chi connectivity index (χ1) is 27.8. The third kappa shape index (κ3) is 4.44. The van der Waals surface area contributed by atoms with E-state index in [1.165, 1.54) is 83.0 Å². The van der Waals surface area contributed by atoms with Gasteiger partial charge in [0, 0.05) is 33.5 Å². The second-order valence-corrected chi connectivity index (χ2v) is 17.5. The number of hydrogen-bond donors (Lipinski definition) is 0. The molecule has 4 heterocycles. The van der Waals surface area contributed by atoms with Gasteiger partial charge in [-0.3, -0.25) is 0 Å². The molecule has 2 aliphatic carbocycles. The Morgan fingerprint density at radius 1 is 0.632 bits per heavy atom. The molecule has 57 heavy (non-hydrogen) atoms. The highest BCUT2D eigenvalue weighted by Gasteiger charge is 2.48. The average molecular weight is 732 g/mol. The molecule has 0 saturated carbocycles. The maximum Gasteiger partial charge on any atom is 0.136 e. The lowest BCUT2D eigenvalue weighted by Gasteiger charge is -2.31. The summed E-state index contributed by atoms with van der Waals surface area (Å²) in [6, 6.07) is 45.5. The molecule has 3 heteroatoms. The maximum absolute atomic E-state index is 6.23. The van der Waals surface area contributed by atoms with Crippen LogP contribution in [0, 0.1) is 17.3 Å². The van der Waals surface area contributed by atoms with E-state index >= 15 is 0 Å². The second-order valence-electron chi connectivity index (χ2n) is 17.5. The van der Waals surface area contributed by atoms with Crippen LogP contribution in [0.3, 0.4) is 0 Å². The molecule has 0 N–H and O–H groups in total. The van der Waals surface area contributed by atoms with E-state index in [4.69, 9.17) is 9.15 Å². The van der Waals surface area contributed by atoms with Crippen LogP contribution < -0.4 is 9.64 Å². The third-order valence-electron chi connectivity index (χ3n) is 13.2. The molecule has 3 nitrogen and oxygen atoms in total. The summed E-state index contributed by atoms with van der Waals surface area (Å²) in [7, 11) is 0. The van der Waals surface area contributed by atoms with E-state index in [1.807, 2.05) is 18.2 Å². The topological polar surface area (TPSA) is 25.6 Å². The molecule has 0 bridgehead atoms. The summed E-state index contributed by atoms with van der Waals surface area (Å²) in [6.07, 6.45) is 9.06. The Bertz CT molecular complexity index is 3300. The largest absolute Gasteiger partial charge is 0.484 e. The highest BCUT2D eigenvalue weighted by molar-refractivity contribution is 6.08. The van der Waals surface area contributed by atoms with E-state index in [0.29, 0.717) is 0 Å². The predicted octanol–water partition coefficient (Wildman–Crippen LogP) is 13.6. The lowest BCUT2D eigenvalue weighted by Crippen LogP contribution is -2.28. The van der Waals surface area contributed by atoms with Crippen molar-refractivity contribution in [1.29, 1.82) is 0 Å². The monoisotopic (exact) mass is 731 g/mol. The van der Waals surface area contributed by atoms with Crippen LogP contribution in [0.15, 0.2) is 156 Å². The van der Waals surface area contributed by atoms with Crippen LogP contribution >= 0.6 is 0 Å². The van der Waals surface area contributed by atoms with E-state index in [0.717, 1.165) is 27.7 Å². The van der Waals surface area contributed by atoms with Gasteiger partial charge in [0.1, 0.15) is 23.0 Å². The van der Waals surface area contributed by atoms with Gasteiger partial charge in [-0.15, -0.1) is 0 Å². The molecule has 0 saturated heterocycles. The number of para-hydroxylation sites is 1. The van der Waals surface area contributed by atoms with Gasteiger partial charge in [-0.25, -0.2) is 0 Å². The Balaban J connectivity index is 0.953. The first-order valence-corrected chi connectivity index (χ1v) is 20.1. The smallest absolute Gasteiger partial charge is 0.136 e. The van der Waals surface area contributed by atoms with Crippen LogP contribution in [-0.2, 0) is 0 Å². The van der Waals surface area contributed by atoms with E-state index in [1.54, 1.807) is 0 Å². The van der Waals surface area contributed by atoms with Gasteiger partial charge in [-0.1, -0.05) is 99.4 Å². The quantitative estimate of drug-likeness (QED) is 0.166. The molecule has 4 unspecified atom stereocenters. The van der Waals surface area contributed by atoms with Crippen molar-refractivity contribution in [1.82, 2.24) is 0 Å². The summed E-state index contributed by atoms with van der Waals surface area (Å²) in [6.45, 7) is 7.03. The fourth-order valence-corrected chi connectivity index (χ4v) is 10.3. The zero-order valence-electron chi connectivity index (χ0n) is 31.9. The third-order valence-corrected chi connectivity index (χ3v) is 13.2. The van der Waals surface area contributed by atoms with E-state index < -0.39 is 0 Å². The number of hydrogen-bond acceptors (Lipinski definition) is 3. The molecule has 0 spiro atoms. The highest BCUT2D eigenvalue weighted by Crippen LogP contribution is 2.60. The first-order valence-electron chi connectivity index (χ1n) is 20.1. The van der Waals surface area contributed by atoms with E-state index in [9.17, 15) is 0 Å². The molecule has 7 aromatic carbocycles. The maximum atomic E-state index is 6.23. The van der Waals surface area contributed by atoms with Gasteiger partial charge in [0.2, 0.25) is 0 Å². The Morgan fingerprint density at radius 3 is 2.19 bits per heavy atom. The van der Waals surface area contributed by atoms with Crippen molar-refractivity contribution in [3.05, 3.63) is 168 Å². The van der Waals surface area contributed by atoms with E-state index in [-0.39, 0.29) is 29.4 Å². The van der Waals surface area contributed by atoms with Gasteiger partial charge in [-0.2, -0.15) is 0 Å². The Labute approximate surface area is 331 Å². The highest BCUT2D eigenvalue weighted by atomic mass is 16.5. The number of rotatable bonds is 2. The fourth-order valence-electron chi connectivity index (χ4n) is 10.3. The van der Waals surface area contributed by atoms with Crippen LogP contribution in [0.1, 0.15) is 49.3 Å². The van der Waals surface area contributed by atoms with Crippen LogP contribution in [0.2, 0.25) is 0 Å². The molecule has 1 aromatic heterocycles. The summed E-state index contributed by atoms with van der Waals surface area (Å²) in [5.74, 6) is 7.86. The van der Waals surface area contributed by atoms with Crippen molar-refractivity contribution < 1.29 is 9.15 Å². The Hall–Kier alpha value is -6.76. The van der Waals surface area contributed by atoms with Crippen LogP contribution in [0.4, 0.5) is 11.4 Å². The molecular weight excluding hydrogens is 695 g/mol. The van der Waals surface area contributed by atoms with Crippen molar-refractivity contribution in [3.8, 4) is 39.8 Å². The molecule has 5 aliphatic rings. The number of benzene rings is 7. The standard InChI is InChI=1S/C54H37NO2/c1-54(2,3)38-28-45-41-22-34-14-12-30(32-16-18-51-43(24-32)39-8-4-6-10-49(39)56-51)20-36(34)26-47(41)55-48-27-37-21-31(13-15-35(37)23-42(48)46(29-38)53(45)55)33-17-19-52-44(25-33)40-9-5-7-11-50(40)57-52/h4,6-8,10-29,40,46,50,53H,1-3H3. The Morgan fingerprint density at radius 2 is 1.35 bits per heavy atom. The molecule has 8 aromatic rings. The number of allylic oxidation sites excluding steroid dienone is 3. The Kier molecular flexibility index (Phi) is 6.05. The predicted molar refractivity (Wildman–Crippen MR) is 234 cm³/mol. The number of ether oxygens (including phenoxy) is 1. The summed E-state index contributed by atoms with van der Waals surface area (Å²) < 4.78 is 12.4. The minimum absolute atomic E-state index is 0.00491. The number of furan rings is 1. The molecule has 270 valence electrons. The zero-order chi connectivity index (χ0) is 37.7. The van der Waals surface area contributed by atoms with Gasteiger partial charge < -0.3 is 14.1 Å². The molecule has 3 aliphatic heterocycles. The molecular formula is C54H37NO2. The minimum atomic E-state index is 0.00491. The summed E-state index contributed by atoms with van der Waals surface area (Å²) in [5.41, 5.74) is 16.1. The number of anilines is 2. The lowest BCUT2D eigenvalue weighted by atomic mass is 9.75. The van der Waals surface area contributed by atoms with Gasteiger partial charge in [0.25, 0.3) is 0 Å². The summed E-state index contributed by atoms with van der Waals surface area (Å²) in [4.78, 5) is 2.65. The van der Waals surface area contributed by atoms with Crippen LogP contribution in [-0.4, -0.2) is 12.1 Å². The van der Waals surface area contributed by atoms with Crippen molar-refractivity contribution >= 4 is 60.4 Å². The van der Waals surface area contributed by atoms with Crippen LogP contribution in [0.25, 0.3) is 71.3 Å². The molecule has 0 fully saturated rings. The van der Waals surface area contributed by atoms with E-state index in [2.05, 4.69) is 165 Å². The first kappa shape index (κ1) is 31.4. The van der Waals surface area contributed by atoms with Crippen molar-refractivity contribution in [2.24, 2.45) is 5.41 Å². The zero-order valence-corrected chi connectivity index (χ0v) is 31.9. The van der Waals surface area contributed by atoms with Gasteiger partial charge >= 0.3 is 0 Å². The second kappa shape index (κ2) is 11.0. The number of fused-ring (bicyclic) bond motifs is 14. The fraction of sp³-hybridized carbons (Fsp3) is 0.148. The average Bonchev–Trinajstić information content (AvgIpc) is 3.97. The van der Waals surface area contributed by atoms with Gasteiger partial charge in [0.05, 0.1) is 17.6 Å². The SMILES string of the molecule is CC(C)(C)C1=CC2c3cc4ccc(-c5ccc6c(c5)C5C#CC=CC5O6)cc4cc3N3c4cc5cc(-c6ccc7oc8ccccc8c7c6)ccc5cc4C(=C1)C23. The molecule has 4 atom stereocenters. The molecule has 0 amide bonds. The minimum Gasteiger partial charge on any atom is -0.484 e. The van der Waals surface area contributed by atoms with Crippen molar-refractivity contribution in [3.63, 3.8) is 0 Å². The van der Waals surface area contributed by atoms with Gasteiger partial charge in [-0.05, 0) is 145 Å². The van der Waals surface area contributed by atoms with Crippen molar-refractivity contribution in [2.75, 3.05) is 4.90 Å². The molecule has 0 radical (unpaired) electrons. The lowest BCUT2D eigenvalue weighted by molar-refractivity contribution is 0.272. The van der Waals surface area contributed by atoms with Crippen LogP contribution in [0.5, 0.6) is 5.75 Å². The summed E-state index contributed by atoms with van der Waals surface area (Å²) in [5, 5.41) is 7.35. The summed E-state index contributed by atoms with van der Waals surface area (Å²) >= 11 is 0. The van der Waals surface area contributed by atoms with Gasteiger partial charge in [0.15, 0.2) is 0 Å².